The first-order chi connectivity index (χ1) is 12.4. The number of hydrogen-bond acceptors (Lipinski definition) is 4. The number of amides is 3. The number of carbonyl (C=O) groups is 2. The Balaban J connectivity index is 1.66. The molecule has 6 heteroatoms. The molecule has 3 amide bonds. The Bertz CT molecular complexity index is 791. The molecule has 0 unspecified atom stereocenters. The zero-order chi connectivity index (χ0) is 18.7. The van der Waals surface area contributed by atoms with E-state index in [4.69, 9.17) is 4.74 Å². The Morgan fingerprint density at radius 2 is 1.77 bits per heavy atom. The van der Waals surface area contributed by atoms with Crippen LogP contribution in [0, 0.1) is 6.92 Å². The molecular weight excluding hydrogens is 332 g/mol. The molecule has 2 aromatic rings. The summed E-state index contributed by atoms with van der Waals surface area (Å²) in [6.07, 6.45) is -0.981. The summed E-state index contributed by atoms with van der Waals surface area (Å²) in [7, 11) is 0. The van der Waals surface area contributed by atoms with Crippen LogP contribution in [0.3, 0.4) is 0 Å². The minimum atomic E-state index is -1.13. The van der Waals surface area contributed by atoms with Gasteiger partial charge in [-0.05, 0) is 31.5 Å². The van der Waals surface area contributed by atoms with Crippen LogP contribution in [0.1, 0.15) is 18.1 Å². The predicted octanol–water partition coefficient (Wildman–Crippen LogP) is 2.20. The molecular formula is C20H22N2O4. The van der Waals surface area contributed by atoms with Crippen molar-refractivity contribution in [2.45, 2.75) is 25.5 Å². The van der Waals surface area contributed by atoms with Gasteiger partial charge in [0.1, 0.15) is 24.0 Å². The first-order valence-corrected chi connectivity index (χ1v) is 8.47. The lowest BCUT2D eigenvalue weighted by atomic mass is 9.91. The Hall–Kier alpha value is -2.86. The highest BCUT2D eigenvalue weighted by molar-refractivity contribution is 6.07. The van der Waals surface area contributed by atoms with Crippen molar-refractivity contribution in [1.82, 2.24) is 10.2 Å². The molecule has 1 heterocycles. The summed E-state index contributed by atoms with van der Waals surface area (Å²) in [5.74, 6) is 0.235. The van der Waals surface area contributed by atoms with Crippen LogP contribution < -0.4 is 10.1 Å². The summed E-state index contributed by atoms with van der Waals surface area (Å²) in [5.41, 5.74) is 0.642. The van der Waals surface area contributed by atoms with Crippen molar-refractivity contribution in [3.63, 3.8) is 0 Å². The maximum absolute atomic E-state index is 12.8. The number of carbonyl (C=O) groups excluding carboxylic acids is 2. The molecule has 136 valence electrons. The van der Waals surface area contributed by atoms with Crippen molar-refractivity contribution in [3.05, 3.63) is 65.7 Å². The SMILES string of the molecule is Cc1ccc([C@]2(C)NC(=O)N(C[C@@H](O)COc3ccccc3)C2=O)cc1. The van der Waals surface area contributed by atoms with Gasteiger partial charge in [-0.1, -0.05) is 48.0 Å². The van der Waals surface area contributed by atoms with Gasteiger partial charge < -0.3 is 15.2 Å². The van der Waals surface area contributed by atoms with Gasteiger partial charge in [0, 0.05) is 0 Å². The Kier molecular flexibility index (Phi) is 4.95. The van der Waals surface area contributed by atoms with Crippen LogP contribution in [0.15, 0.2) is 54.6 Å². The third-order valence-electron chi connectivity index (χ3n) is 4.48. The second-order valence-corrected chi connectivity index (χ2v) is 6.61. The smallest absolute Gasteiger partial charge is 0.325 e. The number of nitrogens with one attached hydrogen (secondary N) is 1. The monoisotopic (exact) mass is 354 g/mol. The van der Waals surface area contributed by atoms with Crippen molar-refractivity contribution in [3.8, 4) is 5.75 Å². The number of ether oxygens (including phenoxy) is 1. The van der Waals surface area contributed by atoms with Crippen LogP contribution >= 0.6 is 0 Å². The number of aliphatic hydroxyl groups excluding tert-OH is 1. The van der Waals surface area contributed by atoms with Crippen LogP contribution in [-0.4, -0.2) is 41.2 Å². The van der Waals surface area contributed by atoms with E-state index >= 15 is 0 Å². The Labute approximate surface area is 152 Å². The van der Waals surface area contributed by atoms with E-state index in [0.717, 1.165) is 10.5 Å². The summed E-state index contributed by atoms with van der Waals surface area (Å²) < 4.78 is 5.48. The van der Waals surface area contributed by atoms with E-state index in [9.17, 15) is 14.7 Å². The molecule has 0 saturated carbocycles. The molecule has 1 fully saturated rings. The molecule has 0 aliphatic carbocycles. The number of benzene rings is 2. The fourth-order valence-electron chi connectivity index (χ4n) is 2.92. The number of urea groups is 1. The average molecular weight is 354 g/mol. The van der Waals surface area contributed by atoms with Gasteiger partial charge in [0.05, 0.1) is 6.54 Å². The minimum absolute atomic E-state index is 0.0116. The van der Waals surface area contributed by atoms with E-state index < -0.39 is 17.7 Å². The largest absolute Gasteiger partial charge is 0.491 e. The number of nitrogens with zero attached hydrogens (tertiary/aromatic N) is 1. The third-order valence-corrected chi connectivity index (χ3v) is 4.48. The lowest BCUT2D eigenvalue weighted by molar-refractivity contribution is -0.132. The van der Waals surface area contributed by atoms with Crippen LogP contribution in [0.5, 0.6) is 5.75 Å². The molecule has 0 aromatic heterocycles. The summed E-state index contributed by atoms with van der Waals surface area (Å²) in [6.45, 7) is 3.49. The molecule has 2 aromatic carbocycles. The van der Waals surface area contributed by atoms with Gasteiger partial charge in [-0.3, -0.25) is 9.69 Å². The third kappa shape index (κ3) is 3.55. The number of rotatable bonds is 6. The fourth-order valence-corrected chi connectivity index (χ4v) is 2.92. The predicted molar refractivity (Wildman–Crippen MR) is 96.7 cm³/mol. The van der Waals surface area contributed by atoms with Gasteiger partial charge in [-0.15, -0.1) is 0 Å². The van der Waals surface area contributed by atoms with Gasteiger partial charge in [-0.25, -0.2) is 4.79 Å². The molecule has 1 aliphatic rings. The van der Waals surface area contributed by atoms with Crippen LogP contribution in [-0.2, 0) is 10.3 Å². The highest BCUT2D eigenvalue weighted by Crippen LogP contribution is 2.29. The molecule has 0 bridgehead atoms. The van der Waals surface area contributed by atoms with Crippen molar-refractivity contribution in [1.29, 1.82) is 0 Å². The highest BCUT2D eigenvalue weighted by Gasteiger charge is 2.49. The van der Waals surface area contributed by atoms with Crippen molar-refractivity contribution < 1.29 is 19.4 Å². The summed E-state index contributed by atoms with van der Waals surface area (Å²) >= 11 is 0. The van der Waals surface area contributed by atoms with Crippen molar-refractivity contribution in [2.24, 2.45) is 0 Å². The van der Waals surface area contributed by atoms with Crippen LogP contribution in [0.4, 0.5) is 4.79 Å². The molecule has 2 atom stereocenters. The second-order valence-electron chi connectivity index (χ2n) is 6.61. The minimum Gasteiger partial charge on any atom is -0.491 e. The van der Waals surface area contributed by atoms with Gasteiger partial charge in [-0.2, -0.15) is 0 Å². The Morgan fingerprint density at radius 1 is 1.12 bits per heavy atom. The molecule has 3 rings (SSSR count). The van der Waals surface area contributed by atoms with Crippen LogP contribution in [0.25, 0.3) is 0 Å². The first-order valence-electron chi connectivity index (χ1n) is 8.47. The van der Waals surface area contributed by atoms with E-state index in [0.29, 0.717) is 11.3 Å². The molecule has 6 nitrogen and oxygen atoms in total. The van der Waals surface area contributed by atoms with Crippen molar-refractivity contribution in [2.75, 3.05) is 13.2 Å². The van der Waals surface area contributed by atoms with Gasteiger partial charge in [0.25, 0.3) is 5.91 Å². The Morgan fingerprint density at radius 3 is 2.42 bits per heavy atom. The molecule has 2 N–H and O–H groups in total. The number of para-hydroxylation sites is 1. The number of β-amino-alcohol motifs (C(OH)–C–C–N with tert-alkyl or cyclic N) is 1. The van der Waals surface area contributed by atoms with E-state index in [1.807, 2.05) is 49.4 Å². The molecule has 0 radical (unpaired) electrons. The van der Waals surface area contributed by atoms with E-state index in [1.165, 1.54) is 0 Å². The first kappa shape index (κ1) is 17.9. The number of aryl methyl sites for hydroxylation is 1. The van der Waals surface area contributed by atoms with Crippen LogP contribution in [0.2, 0.25) is 0 Å². The number of hydrogen-bond donors (Lipinski definition) is 2. The average Bonchev–Trinajstić information content (AvgIpc) is 2.85. The fraction of sp³-hybridized carbons (Fsp3) is 0.300. The molecule has 1 aliphatic heterocycles. The molecule has 26 heavy (non-hydrogen) atoms. The zero-order valence-corrected chi connectivity index (χ0v) is 14.8. The molecule has 1 saturated heterocycles. The van der Waals surface area contributed by atoms with Gasteiger partial charge >= 0.3 is 6.03 Å². The number of aliphatic hydroxyl groups is 1. The molecule has 0 spiro atoms. The van der Waals surface area contributed by atoms with Gasteiger partial charge in [0.15, 0.2) is 0 Å². The van der Waals surface area contributed by atoms with Crippen molar-refractivity contribution >= 4 is 11.9 Å². The standard InChI is InChI=1S/C20H22N2O4/c1-14-8-10-15(11-9-14)20(2)18(24)22(19(25)21-20)12-16(23)13-26-17-6-4-3-5-7-17/h3-11,16,23H,12-13H2,1-2H3,(H,21,25)/t16-,20+/m1/s1. The van der Waals surface area contributed by atoms with E-state index in [2.05, 4.69) is 5.32 Å². The topological polar surface area (TPSA) is 78.9 Å². The zero-order valence-electron chi connectivity index (χ0n) is 14.8. The highest BCUT2D eigenvalue weighted by atomic mass is 16.5. The maximum atomic E-state index is 12.8. The second kappa shape index (κ2) is 7.17. The quantitative estimate of drug-likeness (QED) is 0.780. The van der Waals surface area contributed by atoms with E-state index in [-0.39, 0.29) is 19.1 Å². The maximum Gasteiger partial charge on any atom is 0.325 e. The van der Waals surface area contributed by atoms with Gasteiger partial charge in [0.2, 0.25) is 0 Å². The summed E-state index contributed by atoms with van der Waals surface area (Å²) in [4.78, 5) is 26.2. The van der Waals surface area contributed by atoms with E-state index in [1.54, 1.807) is 19.1 Å². The summed E-state index contributed by atoms with van der Waals surface area (Å²) in [6, 6.07) is 16.0. The lowest BCUT2D eigenvalue weighted by Crippen LogP contribution is -2.42. The number of imide groups is 1. The summed E-state index contributed by atoms with van der Waals surface area (Å²) in [5, 5.41) is 12.9. The lowest BCUT2D eigenvalue weighted by Gasteiger charge is -2.23. The normalized spacial score (nSPS) is 20.8.